The number of amides is 2. The van der Waals surface area contributed by atoms with E-state index in [-0.39, 0.29) is 31.1 Å². The number of hydrogen-bond acceptors (Lipinski definition) is 5. The van der Waals surface area contributed by atoms with Crippen molar-refractivity contribution in [2.75, 3.05) is 6.61 Å². The van der Waals surface area contributed by atoms with Crippen LogP contribution in [0.15, 0.2) is 72.8 Å². The molecule has 0 spiro atoms. The molecule has 1 aliphatic rings. The summed E-state index contributed by atoms with van der Waals surface area (Å²) in [5.74, 6) is -1.18. The molecule has 0 aliphatic carbocycles. The minimum absolute atomic E-state index is 0.131. The highest BCUT2D eigenvalue weighted by Crippen LogP contribution is 2.25. The number of imide groups is 1. The van der Waals surface area contributed by atoms with Gasteiger partial charge in [-0.05, 0) is 55.5 Å². The first kappa shape index (κ1) is 24.2. The standard InChI is InChI=1S/C29H29NO5/c1-19-9-14-26(20(2)15-19)28(32)34-17-23-10-12-24(13-11-23)21(3)27(31)30-25(18-35-29(30)33)16-22-7-5-4-6-8-22/h4-15,21,25H,16-18H2,1-3H3/t21-,25+/m0/s1. The number of esters is 1. The van der Waals surface area contributed by atoms with Gasteiger partial charge in [-0.25, -0.2) is 14.5 Å². The summed E-state index contributed by atoms with van der Waals surface area (Å²) in [6.45, 7) is 5.97. The van der Waals surface area contributed by atoms with Crippen molar-refractivity contribution in [2.24, 2.45) is 0 Å². The highest BCUT2D eigenvalue weighted by molar-refractivity contribution is 5.97. The Morgan fingerprint density at radius 1 is 1.00 bits per heavy atom. The molecule has 3 aromatic rings. The first-order valence-corrected chi connectivity index (χ1v) is 11.7. The molecule has 180 valence electrons. The normalized spacial score (nSPS) is 16.0. The molecule has 1 fully saturated rings. The lowest BCUT2D eigenvalue weighted by atomic mass is 9.97. The molecule has 0 unspecified atom stereocenters. The van der Waals surface area contributed by atoms with Gasteiger partial charge in [-0.1, -0.05) is 72.3 Å². The van der Waals surface area contributed by atoms with Crippen LogP contribution in [-0.2, 0) is 27.3 Å². The van der Waals surface area contributed by atoms with Gasteiger partial charge in [0.05, 0.1) is 17.5 Å². The zero-order chi connectivity index (χ0) is 24.9. The van der Waals surface area contributed by atoms with Crippen LogP contribution in [0, 0.1) is 13.8 Å². The average molecular weight is 472 g/mol. The molecule has 0 bridgehead atoms. The van der Waals surface area contributed by atoms with Crippen molar-refractivity contribution in [1.29, 1.82) is 0 Å². The summed E-state index contributed by atoms with van der Waals surface area (Å²) in [6, 6.07) is 22.3. The van der Waals surface area contributed by atoms with Crippen LogP contribution in [0.4, 0.5) is 4.79 Å². The summed E-state index contributed by atoms with van der Waals surface area (Å²) in [5.41, 5.74) is 5.15. The molecule has 4 rings (SSSR count). The number of carbonyl (C=O) groups is 3. The van der Waals surface area contributed by atoms with Gasteiger partial charge in [-0.15, -0.1) is 0 Å². The number of rotatable bonds is 7. The minimum atomic E-state index is -0.599. The van der Waals surface area contributed by atoms with Gasteiger partial charge < -0.3 is 9.47 Å². The lowest BCUT2D eigenvalue weighted by Crippen LogP contribution is -2.42. The summed E-state index contributed by atoms with van der Waals surface area (Å²) >= 11 is 0. The molecular formula is C29H29NO5. The monoisotopic (exact) mass is 471 g/mol. The first-order chi connectivity index (χ1) is 16.8. The Bertz CT molecular complexity index is 1220. The van der Waals surface area contributed by atoms with Crippen LogP contribution in [-0.4, -0.2) is 35.5 Å². The molecule has 0 radical (unpaired) electrons. The third-order valence-electron chi connectivity index (χ3n) is 6.33. The van der Waals surface area contributed by atoms with Crippen molar-refractivity contribution in [3.63, 3.8) is 0 Å². The molecule has 6 nitrogen and oxygen atoms in total. The number of nitrogens with zero attached hydrogens (tertiary/aromatic N) is 1. The smallest absolute Gasteiger partial charge is 0.417 e. The summed E-state index contributed by atoms with van der Waals surface area (Å²) in [7, 11) is 0. The van der Waals surface area contributed by atoms with Gasteiger partial charge >= 0.3 is 12.1 Å². The zero-order valence-corrected chi connectivity index (χ0v) is 20.2. The molecular weight excluding hydrogens is 442 g/mol. The molecule has 0 saturated carbocycles. The third-order valence-corrected chi connectivity index (χ3v) is 6.33. The maximum atomic E-state index is 13.2. The molecule has 2 amide bonds. The Labute approximate surface area is 205 Å². The van der Waals surface area contributed by atoms with Crippen molar-refractivity contribution in [2.45, 2.75) is 45.8 Å². The van der Waals surface area contributed by atoms with Gasteiger partial charge in [0.15, 0.2) is 0 Å². The second-order valence-electron chi connectivity index (χ2n) is 8.99. The van der Waals surface area contributed by atoms with E-state index in [2.05, 4.69) is 0 Å². The van der Waals surface area contributed by atoms with Crippen LogP contribution in [0.3, 0.4) is 0 Å². The first-order valence-electron chi connectivity index (χ1n) is 11.7. The quantitative estimate of drug-likeness (QED) is 0.434. The maximum absolute atomic E-state index is 13.2. The molecule has 0 N–H and O–H groups in total. The van der Waals surface area contributed by atoms with E-state index in [1.54, 1.807) is 13.0 Å². The molecule has 3 aromatic carbocycles. The van der Waals surface area contributed by atoms with E-state index < -0.39 is 12.0 Å². The van der Waals surface area contributed by atoms with Crippen molar-refractivity contribution in [3.05, 3.63) is 106 Å². The molecule has 1 heterocycles. The van der Waals surface area contributed by atoms with E-state index in [0.717, 1.165) is 27.8 Å². The van der Waals surface area contributed by atoms with Crippen LogP contribution < -0.4 is 0 Å². The number of cyclic esters (lactones) is 1. The maximum Gasteiger partial charge on any atom is 0.417 e. The Morgan fingerprint density at radius 3 is 2.40 bits per heavy atom. The highest BCUT2D eigenvalue weighted by atomic mass is 16.6. The summed E-state index contributed by atoms with van der Waals surface area (Å²) in [4.78, 5) is 39.3. The second-order valence-corrected chi connectivity index (χ2v) is 8.99. The van der Waals surface area contributed by atoms with Gasteiger partial charge in [0.1, 0.15) is 13.2 Å². The third kappa shape index (κ3) is 5.60. The number of carbonyl (C=O) groups excluding carboxylic acids is 3. The summed E-state index contributed by atoms with van der Waals surface area (Å²) in [5, 5.41) is 0. The SMILES string of the molecule is Cc1ccc(C(=O)OCc2ccc([C@H](C)C(=O)N3C(=O)OC[C@H]3Cc3ccccc3)cc2)c(C)c1. The highest BCUT2D eigenvalue weighted by Gasteiger charge is 2.39. The second kappa shape index (κ2) is 10.6. The number of ether oxygens (including phenoxy) is 2. The van der Waals surface area contributed by atoms with Gasteiger partial charge in [0, 0.05) is 0 Å². The van der Waals surface area contributed by atoms with Gasteiger partial charge in [-0.3, -0.25) is 4.79 Å². The Kier molecular flexibility index (Phi) is 7.30. The van der Waals surface area contributed by atoms with Crippen LogP contribution in [0.1, 0.15) is 51.0 Å². The number of hydrogen-bond donors (Lipinski definition) is 0. The Hall–Kier alpha value is -3.93. The van der Waals surface area contributed by atoms with E-state index in [1.165, 1.54) is 4.90 Å². The molecule has 2 atom stereocenters. The van der Waals surface area contributed by atoms with Crippen LogP contribution in [0.25, 0.3) is 0 Å². The van der Waals surface area contributed by atoms with Crippen molar-refractivity contribution >= 4 is 18.0 Å². The molecule has 35 heavy (non-hydrogen) atoms. The van der Waals surface area contributed by atoms with Gasteiger partial charge in [0.2, 0.25) is 5.91 Å². The van der Waals surface area contributed by atoms with Gasteiger partial charge in [0.25, 0.3) is 0 Å². The fraction of sp³-hybridized carbons (Fsp3) is 0.276. The number of benzene rings is 3. The van der Waals surface area contributed by atoms with E-state index in [9.17, 15) is 14.4 Å². The molecule has 1 saturated heterocycles. The topological polar surface area (TPSA) is 72.9 Å². The summed E-state index contributed by atoms with van der Waals surface area (Å²) < 4.78 is 10.7. The fourth-order valence-electron chi connectivity index (χ4n) is 4.29. The van der Waals surface area contributed by atoms with Gasteiger partial charge in [-0.2, -0.15) is 0 Å². The Balaban J connectivity index is 1.38. The van der Waals surface area contributed by atoms with Crippen LogP contribution in [0.2, 0.25) is 0 Å². The van der Waals surface area contributed by atoms with E-state index in [0.29, 0.717) is 12.0 Å². The van der Waals surface area contributed by atoms with Crippen molar-refractivity contribution in [1.82, 2.24) is 4.90 Å². The fourth-order valence-corrected chi connectivity index (χ4v) is 4.29. The molecule has 1 aliphatic heterocycles. The predicted octanol–water partition coefficient (Wildman–Crippen LogP) is 5.35. The summed E-state index contributed by atoms with van der Waals surface area (Å²) in [6.07, 6.45) is -0.0479. The lowest BCUT2D eigenvalue weighted by molar-refractivity contribution is -0.130. The van der Waals surface area contributed by atoms with Crippen molar-refractivity contribution < 1.29 is 23.9 Å². The molecule has 6 heteroatoms. The van der Waals surface area contributed by atoms with Crippen LogP contribution in [0.5, 0.6) is 0 Å². The van der Waals surface area contributed by atoms with E-state index in [1.807, 2.05) is 80.6 Å². The zero-order valence-electron chi connectivity index (χ0n) is 20.2. The van der Waals surface area contributed by atoms with Crippen molar-refractivity contribution in [3.8, 4) is 0 Å². The predicted molar refractivity (Wildman–Crippen MR) is 132 cm³/mol. The molecule has 0 aromatic heterocycles. The van der Waals surface area contributed by atoms with E-state index >= 15 is 0 Å². The largest absolute Gasteiger partial charge is 0.457 e. The lowest BCUT2D eigenvalue weighted by Gasteiger charge is -2.23. The minimum Gasteiger partial charge on any atom is -0.457 e. The van der Waals surface area contributed by atoms with E-state index in [4.69, 9.17) is 9.47 Å². The Morgan fingerprint density at radius 2 is 1.71 bits per heavy atom. The van der Waals surface area contributed by atoms with Crippen LogP contribution >= 0.6 is 0 Å². The number of aryl methyl sites for hydroxylation is 2. The average Bonchev–Trinajstić information content (AvgIpc) is 3.22.